The zero-order valence-electron chi connectivity index (χ0n) is 21.6. The number of aromatic nitrogens is 1. The zero-order valence-corrected chi connectivity index (χ0v) is 24.8. The predicted molar refractivity (Wildman–Crippen MR) is 162 cm³/mol. The van der Waals surface area contributed by atoms with Gasteiger partial charge in [-0.05, 0) is 68.5 Å². The van der Waals surface area contributed by atoms with Gasteiger partial charge in [0.15, 0.2) is 0 Å². The predicted octanol–water partition coefficient (Wildman–Crippen LogP) is 8.61. The Hall–Kier alpha value is -2.26. The summed E-state index contributed by atoms with van der Waals surface area (Å²) in [5.74, 6) is 1.55. The van der Waals surface area contributed by atoms with E-state index in [1.54, 1.807) is 23.5 Å². The Morgan fingerprint density at radius 3 is 2.49 bits per heavy atom. The van der Waals surface area contributed by atoms with Crippen molar-refractivity contribution in [2.45, 2.75) is 30.3 Å². The average Bonchev–Trinajstić information content (AvgIpc) is 3.24. The summed E-state index contributed by atoms with van der Waals surface area (Å²) in [6.45, 7) is 4.95. The van der Waals surface area contributed by atoms with Crippen molar-refractivity contribution < 1.29 is 9.21 Å². The summed E-state index contributed by atoms with van der Waals surface area (Å²) < 4.78 is 6.37. The van der Waals surface area contributed by atoms with Crippen molar-refractivity contribution in [3.05, 3.63) is 70.6 Å². The summed E-state index contributed by atoms with van der Waals surface area (Å²) in [7, 11) is 0. The molecule has 0 saturated heterocycles. The smallest absolute Gasteiger partial charge is 0.322 e. The summed E-state index contributed by atoms with van der Waals surface area (Å²) in [6.07, 6.45) is 6.03. The maximum atomic E-state index is 13.7. The number of benzene rings is 2. The molecule has 0 bridgehead atoms. The Kier molecular flexibility index (Phi) is 9.40. The van der Waals surface area contributed by atoms with Crippen molar-refractivity contribution in [3.8, 4) is 11.1 Å². The molecule has 0 aliphatic rings. The lowest BCUT2D eigenvalue weighted by atomic mass is 10.0. The maximum Gasteiger partial charge on any atom is 0.322 e. The number of hydrogen-bond donors (Lipinski definition) is 1. The zero-order chi connectivity index (χ0) is 26.5. The van der Waals surface area contributed by atoms with Gasteiger partial charge in [-0.15, -0.1) is 23.5 Å². The molecule has 2 heterocycles. The van der Waals surface area contributed by atoms with Gasteiger partial charge < -0.3 is 14.6 Å². The first-order chi connectivity index (χ1) is 17.8. The normalized spacial score (nSPS) is 11.2. The van der Waals surface area contributed by atoms with Crippen LogP contribution in [0.3, 0.4) is 0 Å². The fraction of sp³-hybridized carbons (Fsp3) is 0.286. The molecule has 0 aliphatic heterocycles. The quantitative estimate of drug-likeness (QED) is 0.203. The van der Waals surface area contributed by atoms with Crippen LogP contribution < -0.4 is 5.32 Å². The van der Waals surface area contributed by atoms with Crippen LogP contribution in [-0.4, -0.2) is 47.0 Å². The molecule has 0 unspecified atom stereocenters. The largest absolute Gasteiger partial charge is 0.459 e. The first-order valence-electron chi connectivity index (χ1n) is 11.8. The van der Waals surface area contributed by atoms with E-state index < -0.39 is 0 Å². The van der Waals surface area contributed by atoms with Crippen molar-refractivity contribution in [1.82, 2.24) is 9.88 Å². The van der Waals surface area contributed by atoms with Crippen LogP contribution in [0.1, 0.15) is 17.0 Å². The van der Waals surface area contributed by atoms with Crippen molar-refractivity contribution >= 4 is 69.6 Å². The molecule has 2 aromatic heterocycles. The fourth-order valence-electron chi connectivity index (χ4n) is 4.16. The molecule has 37 heavy (non-hydrogen) atoms. The Morgan fingerprint density at radius 2 is 1.81 bits per heavy atom. The van der Waals surface area contributed by atoms with Crippen molar-refractivity contribution in [2.24, 2.45) is 0 Å². The lowest BCUT2D eigenvalue weighted by molar-refractivity contribution is 0.208. The summed E-state index contributed by atoms with van der Waals surface area (Å²) in [4.78, 5) is 21.2. The molecular weight excluding hydrogens is 542 g/mol. The molecule has 0 fully saturated rings. The van der Waals surface area contributed by atoms with E-state index in [-0.39, 0.29) is 6.03 Å². The number of halogens is 1. The second-order valence-electron chi connectivity index (χ2n) is 8.60. The first-order valence-corrected chi connectivity index (χ1v) is 16.0. The van der Waals surface area contributed by atoms with E-state index in [1.165, 1.54) is 11.8 Å². The van der Waals surface area contributed by atoms with Crippen LogP contribution in [0.4, 0.5) is 10.5 Å². The fourth-order valence-corrected chi connectivity index (χ4v) is 5.99. The van der Waals surface area contributed by atoms with Gasteiger partial charge in [-0.1, -0.05) is 35.4 Å². The molecular formula is C28H30ClN3O2S3. The lowest BCUT2D eigenvalue weighted by Gasteiger charge is -2.24. The molecule has 194 valence electrons. The number of pyridine rings is 1. The molecule has 0 spiro atoms. The number of furan rings is 1. The number of carbonyl (C=O) groups excluding carboxylic acids is 1. The van der Waals surface area contributed by atoms with Gasteiger partial charge in [-0.3, -0.25) is 0 Å². The van der Waals surface area contributed by atoms with Crippen LogP contribution in [0, 0.1) is 13.8 Å². The van der Waals surface area contributed by atoms with E-state index in [2.05, 4.69) is 23.3 Å². The third kappa shape index (κ3) is 6.42. The molecule has 1 N–H and O–H groups in total. The number of aryl methyl sites for hydroxylation is 2. The summed E-state index contributed by atoms with van der Waals surface area (Å²) in [5, 5.41) is 5.67. The van der Waals surface area contributed by atoms with Gasteiger partial charge in [0, 0.05) is 38.9 Å². The van der Waals surface area contributed by atoms with E-state index in [0.29, 0.717) is 18.1 Å². The summed E-state index contributed by atoms with van der Waals surface area (Å²) in [5.41, 5.74) is 5.62. The number of nitrogens with zero attached hydrogens (tertiary/aromatic N) is 2. The monoisotopic (exact) mass is 571 g/mol. The van der Waals surface area contributed by atoms with Crippen LogP contribution in [0.25, 0.3) is 22.1 Å². The van der Waals surface area contributed by atoms with Gasteiger partial charge in [0.1, 0.15) is 16.4 Å². The topological polar surface area (TPSA) is 58.4 Å². The van der Waals surface area contributed by atoms with E-state index in [4.69, 9.17) is 16.0 Å². The Labute approximate surface area is 236 Å². The van der Waals surface area contributed by atoms with Gasteiger partial charge >= 0.3 is 6.03 Å². The highest BCUT2D eigenvalue weighted by Crippen LogP contribution is 2.37. The number of anilines is 1. The van der Waals surface area contributed by atoms with Crippen LogP contribution in [0.5, 0.6) is 0 Å². The number of amides is 2. The number of urea groups is 1. The molecule has 0 radical (unpaired) electrons. The van der Waals surface area contributed by atoms with Crippen molar-refractivity contribution in [2.75, 3.05) is 36.4 Å². The van der Waals surface area contributed by atoms with Gasteiger partial charge in [-0.25, -0.2) is 9.78 Å². The third-order valence-corrected chi connectivity index (χ3v) is 8.25. The molecule has 5 nitrogen and oxygen atoms in total. The minimum Gasteiger partial charge on any atom is -0.459 e. The van der Waals surface area contributed by atoms with Crippen molar-refractivity contribution in [3.63, 3.8) is 0 Å². The number of nitrogens with one attached hydrogen (secondary N) is 1. The first kappa shape index (κ1) is 27.8. The Morgan fingerprint density at radius 1 is 1.05 bits per heavy atom. The summed E-state index contributed by atoms with van der Waals surface area (Å²) >= 11 is 11.0. The van der Waals surface area contributed by atoms with E-state index >= 15 is 0 Å². The standard InChI is InChI=1S/C28H30ClN3O2S3/c1-17-6-11-22-21(14-17)25(19-7-9-20(29)10-8-19)23(34-22)16-32(12-13-35-3)28(33)31-26-24(36-4)15-18(2)30-27(26)37-5/h6-11,14-15H,12-13,16H2,1-5H3,(H,31,33). The second kappa shape index (κ2) is 12.5. The van der Waals surface area contributed by atoms with E-state index in [1.807, 2.05) is 73.1 Å². The highest BCUT2D eigenvalue weighted by atomic mass is 35.5. The Balaban J connectivity index is 1.74. The SMILES string of the molecule is CSCCN(Cc1oc2ccc(C)cc2c1-c1ccc(Cl)cc1)C(=O)Nc1c(SC)cc(C)nc1SC. The lowest BCUT2D eigenvalue weighted by Crippen LogP contribution is -2.36. The Bertz CT molecular complexity index is 1380. The number of rotatable bonds is 9. The minimum atomic E-state index is -0.177. The van der Waals surface area contributed by atoms with Gasteiger partial charge in [0.05, 0.1) is 12.2 Å². The molecule has 0 atom stereocenters. The number of carbonyl (C=O) groups is 1. The summed E-state index contributed by atoms with van der Waals surface area (Å²) in [6, 6.07) is 15.8. The van der Waals surface area contributed by atoms with Gasteiger partial charge in [-0.2, -0.15) is 11.8 Å². The maximum absolute atomic E-state index is 13.7. The van der Waals surface area contributed by atoms with Gasteiger partial charge in [0.2, 0.25) is 0 Å². The molecule has 4 rings (SSSR count). The van der Waals surface area contributed by atoms with Gasteiger partial charge in [0.25, 0.3) is 0 Å². The van der Waals surface area contributed by atoms with Crippen LogP contribution in [-0.2, 0) is 6.54 Å². The molecule has 9 heteroatoms. The second-order valence-corrected chi connectivity index (χ2v) is 11.7. The number of fused-ring (bicyclic) bond motifs is 1. The molecule has 2 aromatic carbocycles. The molecule has 0 aliphatic carbocycles. The third-order valence-electron chi connectivity index (χ3n) is 5.96. The van der Waals surface area contributed by atoms with Crippen molar-refractivity contribution in [1.29, 1.82) is 0 Å². The molecule has 4 aromatic rings. The highest BCUT2D eigenvalue weighted by Gasteiger charge is 2.23. The van der Waals surface area contributed by atoms with E-state index in [9.17, 15) is 4.79 Å². The average molecular weight is 572 g/mol. The number of hydrogen-bond acceptors (Lipinski definition) is 6. The van der Waals surface area contributed by atoms with Crippen LogP contribution >= 0.6 is 46.9 Å². The molecule has 0 saturated carbocycles. The van der Waals surface area contributed by atoms with E-state index in [0.717, 1.165) is 60.5 Å². The number of thioether (sulfide) groups is 3. The van der Waals surface area contributed by atoms with Crippen LogP contribution in [0.15, 0.2) is 62.9 Å². The minimum absolute atomic E-state index is 0.177. The van der Waals surface area contributed by atoms with Crippen LogP contribution in [0.2, 0.25) is 5.02 Å². The highest BCUT2D eigenvalue weighted by molar-refractivity contribution is 7.99. The molecule has 2 amide bonds.